The standard InChI is InChI=1S/C6H5NO5/c7-2-1-3(5(9)10)4(8)6(11)12/h3H,1H2,(H,9,10)(H,11,12). The lowest BCUT2D eigenvalue weighted by Gasteiger charge is -2.01. The molecular formula is C6H5NO5. The van der Waals surface area contributed by atoms with E-state index in [1.807, 2.05) is 0 Å². The summed E-state index contributed by atoms with van der Waals surface area (Å²) in [5.74, 6) is -6.65. The van der Waals surface area contributed by atoms with Gasteiger partial charge in [0.15, 0.2) is 0 Å². The Kier molecular flexibility index (Phi) is 3.43. The van der Waals surface area contributed by atoms with Crippen molar-refractivity contribution in [1.29, 1.82) is 5.26 Å². The number of hydrogen-bond acceptors (Lipinski definition) is 4. The Morgan fingerprint density at radius 3 is 2.08 bits per heavy atom. The number of rotatable bonds is 4. The average Bonchev–Trinajstić information content (AvgIpc) is 1.98. The fourth-order valence-electron chi connectivity index (χ4n) is 0.532. The SMILES string of the molecule is N#CCC(C(=O)O)C(=O)C(=O)O. The molecule has 0 saturated carbocycles. The van der Waals surface area contributed by atoms with E-state index in [-0.39, 0.29) is 0 Å². The number of carbonyl (C=O) groups is 3. The molecule has 2 N–H and O–H groups in total. The number of carboxylic acids is 2. The maximum absolute atomic E-state index is 10.5. The largest absolute Gasteiger partial charge is 0.481 e. The van der Waals surface area contributed by atoms with Gasteiger partial charge in [0.1, 0.15) is 5.92 Å². The van der Waals surface area contributed by atoms with Gasteiger partial charge in [-0.15, -0.1) is 0 Å². The highest BCUT2D eigenvalue weighted by Gasteiger charge is 2.30. The third-order valence-electron chi connectivity index (χ3n) is 1.12. The number of aliphatic carboxylic acids is 2. The van der Waals surface area contributed by atoms with Crippen molar-refractivity contribution in [1.82, 2.24) is 0 Å². The molecule has 64 valence electrons. The molecule has 0 rings (SSSR count). The monoisotopic (exact) mass is 171 g/mol. The van der Waals surface area contributed by atoms with Crippen LogP contribution in [0.2, 0.25) is 0 Å². The molecular weight excluding hydrogens is 166 g/mol. The van der Waals surface area contributed by atoms with Crippen molar-refractivity contribution in [3.63, 3.8) is 0 Å². The minimum atomic E-state index is -1.84. The van der Waals surface area contributed by atoms with Gasteiger partial charge in [-0.25, -0.2) is 4.79 Å². The van der Waals surface area contributed by atoms with Gasteiger partial charge < -0.3 is 10.2 Å². The second kappa shape index (κ2) is 4.08. The van der Waals surface area contributed by atoms with Gasteiger partial charge in [-0.2, -0.15) is 5.26 Å². The molecule has 0 bridgehead atoms. The van der Waals surface area contributed by atoms with E-state index in [0.29, 0.717) is 0 Å². The van der Waals surface area contributed by atoms with E-state index in [2.05, 4.69) is 0 Å². The molecule has 0 spiro atoms. The fraction of sp³-hybridized carbons (Fsp3) is 0.333. The lowest BCUT2D eigenvalue weighted by atomic mass is 10.0. The first-order valence-electron chi connectivity index (χ1n) is 2.87. The summed E-state index contributed by atoms with van der Waals surface area (Å²) >= 11 is 0. The zero-order chi connectivity index (χ0) is 9.72. The summed E-state index contributed by atoms with van der Waals surface area (Å²) in [5.41, 5.74) is 0. The van der Waals surface area contributed by atoms with Crippen molar-refractivity contribution in [3.05, 3.63) is 0 Å². The van der Waals surface area contributed by atoms with Gasteiger partial charge >= 0.3 is 11.9 Å². The van der Waals surface area contributed by atoms with Crippen molar-refractivity contribution >= 4 is 17.7 Å². The molecule has 0 aromatic heterocycles. The van der Waals surface area contributed by atoms with E-state index >= 15 is 0 Å². The predicted octanol–water partition coefficient (Wildman–Crippen LogP) is -0.745. The summed E-state index contributed by atoms with van der Waals surface area (Å²) < 4.78 is 0. The Morgan fingerprint density at radius 1 is 1.33 bits per heavy atom. The molecule has 6 heteroatoms. The Bertz CT molecular complexity index is 264. The first-order chi connectivity index (χ1) is 5.50. The number of nitriles is 1. The normalized spacial score (nSPS) is 11.2. The maximum atomic E-state index is 10.5. The van der Waals surface area contributed by atoms with Crippen molar-refractivity contribution in [2.75, 3.05) is 0 Å². The Balaban J connectivity index is 4.54. The van der Waals surface area contributed by atoms with E-state index in [4.69, 9.17) is 15.5 Å². The van der Waals surface area contributed by atoms with Gasteiger partial charge in [0.2, 0.25) is 0 Å². The van der Waals surface area contributed by atoms with Crippen LogP contribution in [0.15, 0.2) is 0 Å². The molecule has 0 radical (unpaired) electrons. The van der Waals surface area contributed by atoms with Crippen LogP contribution >= 0.6 is 0 Å². The predicted molar refractivity (Wildman–Crippen MR) is 34.0 cm³/mol. The zero-order valence-corrected chi connectivity index (χ0v) is 5.85. The van der Waals surface area contributed by atoms with E-state index in [1.54, 1.807) is 0 Å². The molecule has 0 fully saturated rings. The van der Waals surface area contributed by atoms with Crippen LogP contribution in [-0.4, -0.2) is 27.9 Å². The van der Waals surface area contributed by atoms with Crippen molar-refractivity contribution in [2.24, 2.45) is 5.92 Å². The number of ketones is 1. The quantitative estimate of drug-likeness (QED) is 0.424. The molecule has 6 nitrogen and oxygen atoms in total. The topological polar surface area (TPSA) is 115 Å². The second-order valence-corrected chi connectivity index (χ2v) is 1.92. The summed E-state index contributed by atoms with van der Waals surface area (Å²) in [5, 5.41) is 24.5. The molecule has 0 saturated heterocycles. The summed E-state index contributed by atoms with van der Waals surface area (Å²) in [4.78, 5) is 30.7. The summed E-state index contributed by atoms with van der Waals surface area (Å²) in [7, 11) is 0. The van der Waals surface area contributed by atoms with E-state index < -0.39 is 30.1 Å². The maximum Gasteiger partial charge on any atom is 0.373 e. The molecule has 1 atom stereocenters. The number of Topliss-reactive ketones (excluding diaryl/α,β-unsaturated/α-hetero) is 1. The Labute approximate surface area is 67.0 Å². The highest BCUT2D eigenvalue weighted by Crippen LogP contribution is 2.03. The molecule has 1 unspecified atom stereocenters. The van der Waals surface area contributed by atoms with Crippen LogP contribution in [0.5, 0.6) is 0 Å². The third kappa shape index (κ3) is 2.38. The third-order valence-corrected chi connectivity index (χ3v) is 1.12. The summed E-state index contributed by atoms with van der Waals surface area (Å²) in [6, 6.07) is 1.42. The van der Waals surface area contributed by atoms with Crippen molar-refractivity contribution in [2.45, 2.75) is 6.42 Å². The molecule has 0 aromatic carbocycles. The molecule has 0 aliphatic carbocycles. The molecule has 0 aromatic rings. The number of nitrogens with zero attached hydrogens (tertiary/aromatic N) is 1. The molecule has 0 heterocycles. The van der Waals surface area contributed by atoms with Crippen LogP contribution in [0.1, 0.15) is 6.42 Å². The first kappa shape index (κ1) is 10.1. The highest BCUT2D eigenvalue weighted by molar-refractivity contribution is 6.37. The zero-order valence-electron chi connectivity index (χ0n) is 5.85. The highest BCUT2D eigenvalue weighted by atomic mass is 16.4. The van der Waals surface area contributed by atoms with Crippen LogP contribution < -0.4 is 0 Å². The van der Waals surface area contributed by atoms with Crippen molar-refractivity contribution in [3.8, 4) is 6.07 Å². The summed E-state index contributed by atoms with van der Waals surface area (Å²) in [6.07, 6.45) is -0.625. The van der Waals surface area contributed by atoms with E-state index in [0.717, 1.165) is 0 Å². The minimum Gasteiger partial charge on any atom is -0.481 e. The minimum absolute atomic E-state index is 0.625. The second-order valence-electron chi connectivity index (χ2n) is 1.92. The van der Waals surface area contributed by atoms with Crippen molar-refractivity contribution < 1.29 is 24.6 Å². The Hall–Kier alpha value is -1.90. The summed E-state index contributed by atoms with van der Waals surface area (Å²) in [6.45, 7) is 0. The van der Waals surface area contributed by atoms with Crippen LogP contribution in [0.3, 0.4) is 0 Å². The van der Waals surface area contributed by atoms with E-state index in [1.165, 1.54) is 6.07 Å². The van der Waals surface area contributed by atoms with Gasteiger partial charge in [-0.3, -0.25) is 9.59 Å². The van der Waals surface area contributed by atoms with Gasteiger partial charge in [0.25, 0.3) is 5.78 Å². The van der Waals surface area contributed by atoms with Crippen LogP contribution in [0.4, 0.5) is 0 Å². The molecule has 0 aliphatic heterocycles. The average molecular weight is 171 g/mol. The lowest BCUT2D eigenvalue weighted by molar-refractivity contribution is -0.156. The van der Waals surface area contributed by atoms with Gasteiger partial charge in [-0.1, -0.05) is 0 Å². The molecule has 12 heavy (non-hydrogen) atoms. The Morgan fingerprint density at radius 2 is 1.83 bits per heavy atom. The molecule has 0 aliphatic rings. The first-order valence-corrected chi connectivity index (χ1v) is 2.87. The van der Waals surface area contributed by atoms with Crippen LogP contribution in [-0.2, 0) is 14.4 Å². The van der Waals surface area contributed by atoms with E-state index in [9.17, 15) is 14.4 Å². The number of carbonyl (C=O) groups excluding carboxylic acids is 1. The smallest absolute Gasteiger partial charge is 0.373 e. The van der Waals surface area contributed by atoms with Crippen LogP contribution in [0, 0.1) is 17.2 Å². The van der Waals surface area contributed by atoms with Gasteiger partial charge in [0, 0.05) is 0 Å². The van der Waals surface area contributed by atoms with Gasteiger partial charge in [0.05, 0.1) is 12.5 Å². The van der Waals surface area contributed by atoms with Crippen LogP contribution in [0.25, 0.3) is 0 Å². The lowest BCUT2D eigenvalue weighted by Crippen LogP contribution is -2.29. The van der Waals surface area contributed by atoms with Gasteiger partial charge in [-0.05, 0) is 0 Å². The number of carboxylic acid groups (broad SMARTS) is 2. The number of hydrogen-bond donors (Lipinski definition) is 2. The molecule has 0 amide bonds. The fourth-order valence-corrected chi connectivity index (χ4v) is 0.532.